The van der Waals surface area contributed by atoms with E-state index >= 15 is 0 Å². The Hall–Kier alpha value is -1.79. The summed E-state index contributed by atoms with van der Waals surface area (Å²) in [5.41, 5.74) is 2.15. The second-order valence-electron chi connectivity index (χ2n) is 8.30. The van der Waals surface area contributed by atoms with Crippen molar-refractivity contribution >= 4 is 33.3 Å². The van der Waals surface area contributed by atoms with Crippen LogP contribution in [0.1, 0.15) is 44.1 Å². The number of thioether (sulfide) groups is 1. The summed E-state index contributed by atoms with van der Waals surface area (Å²) in [6.45, 7) is 6.74. The number of fused-ring (bicyclic) bond motifs is 3. The standard InChI is InChI=1S/C23H28N2O2S2/c1-14(2)11-12-28-23-24-21-20(18-10-5-15(3)13-19(18)29-21)22(26)25(23)16-6-8-17(27-4)9-7-16/h6-9,14-15H,5,10-13H2,1-4H3/t15-/m0/s1. The second kappa shape index (κ2) is 8.52. The topological polar surface area (TPSA) is 44.1 Å². The minimum Gasteiger partial charge on any atom is -0.497 e. The Morgan fingerprint density at radius 3 is 2.76 bits per heavy atom. The average molecular weight is 429 g/mol. The molecule has 154 valence electrons. The Kier molecular flexibility index (Phi) is 6.02. The van der Waals surface area contributed by atoms with Crippen molar-refractivity contribution in [3.05, 3.63) is 45.1 Å². The molecular weight excluding hydrogens is 400 g/mol. The Labute approximate surface area is 180 Å². The molecule has 2 aromatic heterocycles. The molecule has 1 aliphatic rings. The zero-order chi connectivity index (χ0) is 20.5. The summed E-state index contributed by atoms with van der Waals surface area (Å²) >= 11 is 3.41. The summed E-state index contributed by atoms with van der Waals surface area (Å²) in [6, 6.07) is 7.70. The maximum atomic E-state index is 13.7. The van der Waals surface area contributed by atoms with Gasteiger partial charge in [0.25, 0.3) is 5.56 Å². The fourth-order valence-electron chi connectivity index (χ4n) is 3.81. The number of hydrogen-bond acceptors (Lipinski definition) is 5. The van der Waals surface area contributed by atoms with E-state index in [2.05, 4.69) is 20.8 Å². The third-order valence-corrected chi connectivity index (χ3v) is 7.68. The Balaban J connectivity index is 1.87. The van der Waals surface area contributed by atoms with Crippen LogP contribution in [0.15, 0.2) is 34.2 Å². The van der Waals surface area contributed by atoms with E-state index in [0.29, 0.717) is 11.8 Å². The molecule has 0 unspecified atom stereocenters. The van der Waals surface area contributed by atoms with Crippen LogP contribution in [0.5, 0.6) is 5.75 Å². The number of thiophene rings is 1. The molecule has 0 amide bonds. The van der Waals surface area contributed by atoms with E-state index in [-0.39, 0.29) is 5.56 Å². The number of nitrogens with zero attached hydrogens (tertiary/aromatic N) is 2. The third-order valence-electron chi connectivity index (χ3n) is 5.56. The Morgan fingerprint density at radius 2 is 2.07 bits per heavy atom. The van der Waals surface area contributed by atoms with Crippen LogP contribution in [0, 0.1) is 11.8 Å². The average Bonchev–Trinajstić information content (AvgIpc) is 3.05. The van der Waals surface area contributed by atoms with E-state index in [1.807, 2.05) is 24.3 Å². The molecule has 1 aromatic carbocycles. The molecule has 0 radical (unpaired) electrons. The largest absolute Gasteiger partial charge is 0.497 e. The maximum Gasteiger partial charge on any atom is 0.267 e. The molecule has 29 heavy (non-hydrogen) atoms. The van der Waals surface area contributed by atoms with E-state index in [0.717, 1.165) is 58.2 Å². The van der Waals surface area contributed by atoms with Crippen molar-refractivity contribution in [3.8, 4) is 11.4 Å². The lowest BCUT2D eigenvalue weighted by Crippen LogP contribution is -2.22. The van der Waals surface area contributed by atoms with Crippen molar-refractivity contribution in [2.45, 2.75) is 51.6 Å². The summed E-state index contributed by atoms with van der Waals surface area (Å²) in [6.07, 6.45) is 4.29. The van der Waals surface area contributed by atoms with Gasteiger partial charge in [-0.15, -0.1) is 11.3 Å². The fourth-order valence-corrected chi connectivity index (χ4v) is 6.49. The molecule has 0 N–H and O–H groups in total. The first kappa shape index (κ1) is 20.5. The van der Waals surface area contributed by atoms with Crippen LogP contribution in [0.2, 0.25) is 0 Å². The van der Waals surface area contributed by atoms with E-state index in [9.17, 15) is 4.79 Å². The first-order valence-corrected chi connectivity index (χ1v) is 12.1. The molecule has 4 rings (SSSR count). The van der Waals surface area contributed by atoms with Gasteiger partial charge in [0.2, 0.25) is 0 Å². The predicted octanol–water partition coefficient (Wildman–Crippen LogP) is 5.72. The molecule has 3 aromatic rings. The highest BCUT2D eigenvalue weighted by molar-refractivity contribution is 7.99. The fraction of sp³-hybridized carbons (Fsp3) is 0.478. The molecule has 0 fully saturated rings. The summed E-state index contributed by atoms with van der Waals surface area (Å²) in [4.78, 5) is 21.0. The maximum absolute atomic E-state index is 13.7. The quantitative estimate of drug-likeness (QED) is 0.372. The molecule has 6 heteroatoms. The van der Waals surface area contributed by atoms with Gasteiger partial charge in [0, 0.05) is 10.6 Å². The lowest BCUT2D eigenvalue weighted by atomic mass is 9.89. The van der Waals surface area contributed by atoms with E-state index < -0.39 is 0 Å². The van der Waals surface area contributed by atoms with Crippen molar-refractivity contribution < 1.29 is 4.74 Å². The summed E-state index contributed by atoms with van der Waals surface area (Å²) in [7, 11) is 1.65. The van der Waals surface area contributed by atoms with Gasteiger partial charge in [-0.25, -0.2) is 4.98 Å². The molecule has 0 saturated carbocycles. The highest BCUT2D eigenvalue weighted by Gasteiger charge is 2.25. The molecule has 0 spiro atoms. The summed E-state index contributed by atoms with van der Waals surface area (Å²) in [5, 5.41) is 1.63. The normalized spacial score (nSPS) is 16.4. The smallest absolute Gasteiger partial charge is 0.267 e. The highest BCUT2D eigenvalue weighted by atomic mass is 32.2. The molecule has 1 atom stereocenters. The Bertz CT molecular complexity index is 1070. The monoisotopic (exact) mass is 428 g/mol. The first-order chi connectivity index (χ1) is 14.0. The van der Waals surface area contributed by atoms with Gasteiger partial charge in [0.15, 0.2) is 5.16 Å². The molecule has 2 heterocycles. The minimum atomic E-state index is 0.0688. The van der Waals surface area contributed by atoms with Gasteiger partial charge in [-0.05, 0) is 67.3 Å². The van der Waals surface area contributed by atoms with Crippen LogP contribution < -0.4 is 10.3 Å². The van der Waals surface area contributed by atoms with Crippen LogP contribution in [0.25, 0.3) is 15.9 Å². The minimum absolute atomic E-state index is 0.0688. The number of hydrogen-bond donors (Lipinski definition) is 0. The zero-order valence-electron chi connectivity index (χ0n) is 17.5. The zero-order valence-corrected chi connectivity index (χ0v) is 19.2. The van der Waals surface area contributed by atoms with Gasteiger partial charge in [0.05, 0.1) is 18.2 Å². The highest BCUT2D eigenvalue weighted by Crippen LogP contribution is 2.37. The molecule has 1 aliphatic carbocycles. The third kappa shape index (κ3) is 4.10. The summed E-state index contributed by atoms with van der Waals surface area (Å²) < 4.78 is 7.10. The van der Waals surface area contributed by atoms with Crippen LogP contribution >= 0.6 is 23.1 Å². The lowest BCUT2D eigenvalue weighted by molar-refractivity contribution is 0.414. The van der Waals surface area contributed by atoms with Crippen molar-refractivity contribution in [2.24, 2.45) is 11.8 Å². The van der Waals surface area contributed by atoms with Gasteiger partial charge >= 0.3 is 0 Å². The SMILES string of the molecule is COc1ccc(-n2c(SCCC(C)C)nc3sc4c(c3c2=O)CC[C@H](C)C4)cc1. The van der Waals surface area contributed by atoms with E-state index in [1.54, 1.807) is 34.8 Å². The molecule has 0 saturated heterocycles. The molecule has 0 aliphatic heterocycles. The molecule has 4 nitrogen and oxygen atoms in total. The van der Waals surface area contributed by atoms with Crippen molar-refractivity contribution in [2.75, 3.05) is 12.9 Å². The van der Waals surface area contributed by atoms with Gasteiger partial charge in [-0.1, -0.05) is 32.5 Å². The van der Waals surface area contributed by atoms with Crippen LogP contribution in [-0.4, -0.2) is 22.4 Å². The first-order valence-electron chi connectivity index (χ1n) is 10.3. The number of aromatic nitrogens is 2. The Morgan fingerprint density at radius 1 is 1.31 bits per heavy atom. The number of ether oxygens (including phenoxy) is 1. The lowest BCUT2D eigenvalue weighted by Gasteiger charge is -2.18. The summed E-state index contributed by atoms with van der Waals surface area (Å²) in [5.74, 6) is 3.04. The van der Waals surface area contributed by atoms with Crippen LogP contribution in [-0.2, 0) is 12.8 Å². The van der Waals surface area contributed by atoms with E-state index in [4.69, 9.17) is 9.72 Å². The van der Waals surface area contributed by atoms with Crippen molar-refractivity contribution in [1.82, 2.24) is 9.55 Å². The molecule has 0 bridgehead atoms. The van der Waals surface area contributed by atoms with Crippen molar-refractivity contribution in [1.29, 1.82) is 0 Å². The van der Waals surface area contributed by atoms with Gasteiger partial charge < -0.3 is 4.74 Å². The number of aryl methyl sites for hydroxylation is 1. The molecular formula is C23H28N2O2S2. The van der Waals surface area contributed by atoms with Gasteiger partial charge in [-0.2, -0.15) is 0 Å². The van der Waals surface area contributed by atoms with Crippen LogP contribution in [0.4, 0.5) is 0 Å². The van der Waals surface area contributed by atoms with Gasteiger partial charge in [0.1, 0.15) is 10.6 Å². The number of rotatable bonds is 6. The predicted molar refractivity (Wildman–Crippen MR) is 123 cm³/mol. The van der Waals surface area contributed by atoms with E-state index in [1.165, 1.54) is 10.4 Å². The van der Waals surface area contributed by atoms with Crippen molar-refractivity contribution in [3.63, 3.8) is 0 Å². The number of methoxy groups -OCH3 is 1. The van der Waals surface area contributed by atoms with Crippen LogP contribution in [0.3, 0.4) is 0 Å². The number of benzene rings is 1. The van der Waals surface area contributed by atoms with Gasteiger partial charge in [-0.3, -0.25) is 9.36 Å². The second-order valence-corrected chi connectivity index (χ2v) is 10.4.